The summed E-state index contributed by atoms with van der Waals surface area (Å²) < 4.78 is 1.26. The third-order valence-corrected chi connectivity index (χ3v) is 8.35. The number of guanidine groups is 1. The van der Waals surface area contributed by atoms with Crippen LogP contribution in [0.15, 0.2) is 65.7 Å². The molecule has 1 atom stereocenters. The third-order valence-electron chi connectivity index (χ3n) is 7.25. The second-order valence-corrected chi connectivity index (χ2v) is 10.5. The van der Waals surface area contributed by atoms with Crippen molar-refractivity contribution in [2.24, 2.45) is 16.6 Å². The summed E-state index contributed by atoms with van der Waals surface area (Å²) in [6.07, 6.45) is 3.89. The van der Waals surface area contributed by atoms with Crippen molar-refractivity contribution in [3.8, 4) is 0 Å². The molecule has 1 aliphatic heterocycles. The number of aliphatic imine (C=N–C) groups is 1. The van der Waals surface area contributed by atoms with Gasteiger partial charge in [0.05, 0.1) is 6.54 Å². The minimum atomic E-state index is -1.46. The molecule has 0 radical (unpaired) electrons. The van der Waals surface area contributed by atoms with Gasteiger partial charge in [-0.25, -0.2) is 4.99 Å². The Kier molecular flexibility index (Phi) is 6.57. The number of rotatable bonds is 5. The molecule has 3 aromatic rings. The van der Waals surface area contributed by atoms with E-state index in [1.54, 1.807) is 16.2 Å². The van der Waals surface area contributed by atoms with Gasteiger partial charge in [-0.05, 0) is 35.9 Å². The molecule has 1 aliphatic carbocycles. The molecule has 2 aromatic carbocycles. The average molecular weight is 477 g/mol. The van der Waals surface area contributed by atoms with Crippen LogP contribution >= 0.6 is 11.3 Å². The zero-order valence-corrected chi connectivity index (χ0v) is 20.2. The van der Waals surface area contributed by atoms with Gasteiger partial charge in [-0.15, -0.1) is 11.3 Å². The Labute approximate surface area is 204 Å². The maximum Gasteiger partial charge on any atom is 0.259 e. The SMILES string of the molecule is NC(=NCc1cc2ccccc2s1)N1CCN(C(=O)C(O)(c2ccccc2)C2CCCC2)CC1. The van der Waals surface area contributed by atoms with E-state index in [0.717, 1.165) is 25.7 Å². The highest BCUT2D eigenvalue weighted by atomic mass is 32.1. The minimum Gasteiger partial charge on any atom is -0.375 e. The first-order chi connectivity index (χ1) is 16.6. The van der Waals surface area contributed by atoms with Gasteiger partial charge < -0.3 is 20.6 Å². The smallest absolute Gasteiger partial charge is 0.259 e. The monoisotopic (exact) mass is 476 g/mol. The lowest BCUT2D eigenvalue weighted by Gasteiger charge is -2.41. The van der Waals surface area contributed by atoms with Gasteiger partial charge in [0.15, 0.2) is 11.6 Å². The number of thiophene rings is 1. The maximum absolute atomic E-state index is 13.7. The second-order valence-electron chi connectivity index (χ2n) is 9.32. The van der Waals surface area contributed by atoms with Crippen molar-refractivity contribution in [2.45, 2.75) is 37.8 Å². The predicted molar refractivity (Wildman–Crippen MR) is 138 cm³/mol. The van der Waals surface area contributed by atoms with E-state index in [-0.39, 0.29) is 11.8 Å². The molecule has 178 valence electrons. The number of aliphatic hydroxyl groups is 1. The van der Waals surface area contributed by atoms with Crippen molar-refractivity contribution in [1.29, 1.82) is 0 Å². The van der Waals surface area contributed by atoms with E-state index in [4.69, 9.17) is 5.73 Å². The lowest BCUT2D eigenvalue weighted by Crippen LogP contribution is -2.58. The van der Waals surface area contributed by atoms with Gasteiger partial charge >= 0.3 is 0 Å². The van der Waals surface area contributed by atoms with Gasteiger partial charge in [0.1, 0.15) is 0 Å². The molecular weight excluding hydrogens is 444 g/mol. The number of fused-ring (bicyclic) bond motifs is 1. The number of piperazine rings is 1. The Balaban J connectivity index is 1.24. The van der Waals surface area contributed by atoms with Gasteiger partial charge in [-0.3, -0.25) is 4.79 Å². The zero-order valence-electron chi connectivity index (χ0n) is 19.4. The van der Waals surface area contributed by atoms with Crippen molar-refractivity contribution in [2.75, 3.05) is 26.2 Å². The summed E-state index contributed by atoms with van der Waals surface area (Å²) in [6, 6.07) is 20.0. The van der Waals surface area contributed by atoms with Crippen LogP contribution in [-0.4, -0.2) is 53.0 Å². The predicted octanol–water partition coefficient (Wildman–Crippen LogP) is 3.94. The van der Waals surface area contributed by atoms with Gasteiger partial charge in [0.2, 0.25) is 0 Å². The number of benzene rings is 2. The number of carbonyl (C=O) groups excluding carboxylic acids is 1. The van der Waals surface area contributed by atoms with Crippen LogP contribution < -0.4 is 5.73 Å². The first-order valence-electron chi connectivity index (χ1n) is 12.2. The molecule has 2 fully saturated rings. The molecule has 0 bridgehead atoms. The van der Waals surface area contributed by atoms with Gasteiger partial charge in [0.25, 0.3) is 5.91 Å². The standard InChI is InChI=1S/C27H32N4O2S/c28-26(29-19-23-18-20-8-4-7-13-24(20)34-23)31-16-14-30(15-17-31)25(32)27(33,22-11-5-6-12-22)21-9-2-1-3-10-21/h1-4,7-10,13,18,22,33H,5-6,11-12,14-17,19H2,(H2,28,29). The fourth-order valence-electron chi connectivity index (χ4n) is 5.32. The largest absolute Gasteiger partial charge is 0.375 e. The Bertz CT molecular complexity index is 1130. The second kappa shape index (κ2) is 9.76. The first kappa shape index (κ1) is 22.9. The average Bonchev–Trinajstić information content (AvgIpc) is 3.57. The molecule has 1 unspecified atom stereocenters. The Hall–Kier alpha value is -2.90. The summed E-state index contributed by atoms with van der Waals surface area (Å²) in [5.41, 5.74) is 5.57. The topological polar surface area (TPSA) is 82.2 Å². The molecule has 1 aromatic heterocycles. The molecule has 2 aliphatic rings. The van der Waals surface area contributed by atoms with Crippen LogP contribution in [0.5, 0.6) is 0 Å². The van der Waals surface area contributed by atoms with E-state index in [2.05, 4.69) is 23.2 Å². The number of hydrogen-bond donors (Lipinski definition) is 2. The quantitative estimate of drug-likeness (QED) is 0.432. The van der Waals surface area contributed by atoms with E-state index in [1.165, 1.54) is 15.0 Å². The molecular formula is C27H32N4O2S. The number of carbonyl (C=O) groups is 1. The van der Waals surface area contributed by atoms with Crippen LogP contribution in [-0.2, 0) is 16.9 Å². The van der Waals surface area contributed by atoms with E-state index in [9.17, 15) is 9.90 Å². The highest BCUT2D eigenvalue weighted by Crippen LogP contribution is 2.42. The van der Waals surface area contributed by atoms with Crippen molar-refractivity contribution >= 4 is 33.3 Å². The number of amides is 1. The maximum atomic E-state index is 13.7. The fraction of sp³-hybridized carbons (Fsp3) is 0.407. The lowest BCUT2D eigenvalue weighted by molar-refractivity contribution is -0.160. The summed E-state index contributed by atoms with van der Waals surface area (Å²) in [5, 5.41) is 13.0. The summed E-state index contributed by atoms with van der Waals surface area (Å²) in [6.45, 7) is 2.84. The van der Waals surface area contributed by atoms with Crippen molar-refractivity contribution in [3.05, 3.63) is 71.1 Å². The van der Waals surface area contributed by atoms with E-state index < -0.39 is 5.60 Å². The first-order valence-corrected chi connectivity index (χ1v) is 13.0. The molecule has 34 heavy (non-hydrogen) atoms. The van der Waals surface area contributed by atoms with Crippen molar-refractivity contribution in [1.82, 2.24) is 9.80 Å². The molecule has 5 rings (SSSR count). The van der Waals surface area contributed by atoms with Crippen LogP contribution in [0, 0.1) is 5.92 Å². The zero-order chi connectivity index (χ0) is 23.5. The van der Waals surface area contributed by atoms with Gasteiger partial charge in [0, 0.05) is 41.7 Å². The molecule has 1 amide bonds. The highest BCUT2D eigenvalue weighted by molar-refractivity contribution is 7.19. The molecule has 7 heteroatoms. The molecule has 2 heterocycles. The summed E-state index contributed by atoms with van der Waals surface area (Å²) in [7, 11) is 0. The molecule has 0 spiro atoms. The van der Waals surface area contributed by atoms with Crippen molar-refractivity contribution < 1.29 is 9.90 Å². The summed E-state index contributed by atoms with van der Waals surface area (Å²) >= 11 is 1.74. The highest BCUT2D eigenvalue weighted by Gasteiger charge is 2.48. The number of nitrogens with zero attached hydrogens (tertiary/aromatic N) is 3. The normalized spacial score (nSPS) is 19.5. The van der Waals surface area contributed by atoms with E-state index >= 15 is 0 Å². The van der Waals surface area contributed by atoms with Crippen LogP contribution in [0.3, 0.4) is 0 Å². The van der Waals surface area contributed by atoms with Crippen molar-refractivity contribution in [3.63, 3.8) is 0 Å². The third kappa shape index (κ3) is 4.42. The van der Waals surface area contributed by atoms with Gasteiger partial charge in [-0.2, -0.15) is 0 Å². The number of nitrogens with two attached hydrogens (primary N) is 1. The molecule has 6 nitrogen and oxygen atoms in total. The summed E-state index contributed by atoms with van der Waals surface area (Å²) in [4.78, 5) is 23.3. The Morgan fingerprint density at radius 3 is 2.35 bits per heavy atom. The minimum absolute atomic E-state index is 0.0339. The number of hydrogen-bond acceptors (Lipinski definition) is 4. The lowest BCUT2D eigenvalue weighted by atomic mass is 9.79. The Morgan fingerprint density at radius 1 is 1.00 bits per heavy atom. The fourth-order valence-corrected chi connectivity index (χ4v) is 6.31. The van der Waals surface area contributed by atoms with E-state index in [0.29, 0.717) is 44.2 Å². The van der Waals surface area contributed by atoms with Gasteiger partial charge in [-0.1, -0.05) is 61.4 Å². The van der Waals surface area contributed by atoms with Crippen LogP contribution in [0.25, 0.3) is 10.1 Å². The molecule has 3 N–H and O–H groups in total. The Morgan fingerprint density at radius 2 is 1.65 bits per heavy atom. The van der Waals surface area contributed by atoms with Crippen LogP contribution in [0.1, 0.15) is 36.1 Å². The molecule has 1 saturated heterocycles. The molecule has 1 saturated carbocycles. The van der Waals surface area contributed by atoms with Crippen LogP contribution in [0.4, 0.5) is 0 Å². The van der Waals surface area contributed by atoms with Crippen LogP contribution in [0.2, 0.25) is 0 Å². The van der Waals surface area contributed by atoms with E-state index in [1.807, 2.05) is 47.4 Å². The summed E-state index contributed by atoms with van der Waals surface area (Å²) in [5.74, 6) is 0.304.